The van der Waals surface area contributed by atoms with Gasteiger partial charge in [0.15, 0.2) is 0 Å². The molecule has 0 spiro atoms. The molecule has 0 N–H and O–H groups in total. The molecule has 7 nitrogen and oxygen atoms in total. The second-order valence-corrected chi connectivity index (χ2v) is 9.33. The fraction of sp³-hybridized carbons (Fsp3) is 0.238. The summed E-state index contributed by atoms with van der Waals surface area (Å²) in [6.07, 6.45) is 2.93. The normalized spacial score (nSPS) is 14.6. The zero-order valence-corrected chi connectivity index (χ0v) is 17.8. The lowest BCUT2D eigenvalue weighted by molar-refractivity contribution is 0.0467. The van der Waals surface area contributed by atoms with Crippen LogP contribution in [0.25, 0.3) is 11.5 Å². The third-order valence-corrected chi connectivity index (χ3v) is 7.08. The molecule has 3 aromatic rings. The van der Waals surface area contributed by atoms with Gasteiger partial charge in [-0.1, -0.05) is 11.6 Å². The first-order valence-electron chi connectivity index (χ1n) is 9.52. The van der Waals surface area contributed by atoms with E-state index >= 15 is 0 Å². The fourth-order valence-electron chi connectivity index (χ4n) is 3.21. The minimum absolute atomic E-state index is 0.00854. The second kappa shape index (κ2) is 8.78. The third kappa shape index (κ3) is 4.63. The number of esters is 1. The van der Waals surface area contributed by atoms with Crippen molar-refractivity contribution in [3.05, 3.63) is 70.8 Å². The lowest BCUT2D eigenvalue weighted by atomic mass is 10.2. The van der Waals surface area contributed by atoms with Gasteiger partial charge in [0, 0.05) is 18.7 Å². The van der Waals surface area contributed by atoms with E-state index in [1.54, 1.807) is 0 Å². The van der Waals surface area contributed by atoms with Crippen molar-refractivity contribution in [1.29, 1.82) is 0 Å². The van der Waals surface area contributed by atoms with Crippen molar-refractivity contribution < 1.29 is 26.8 Å². The number of benzene rings is 2. The first-order chi connectivity index (χ1) is 14.8. The Kier molecular flexibility index (Phi) is 6.08. The zero-order chi connectivity index (χ0) is 22.0. The molecule has 162 valence electrons. The van der Waals surface area contributed by atoms with Gasteiger partial charge in [0.1, 0.15) is 24.4 Å². The summed E-state index contributed by atoms with van der Waals surface area (Å²) in [6, 6.07) is 9.56. The Labute approximate surface area is 183 Å². The Hall–Kier alpha value is -2.75. The van der Waals surface area contributed by atoms with Crippen molar-refractivity contribution in [3.8, 4) is 11.5 Å². The van der Waals surface area contributed by atoms with E-state index in [9.17, 15) is 17.6 Å². The van der Waals surface area contributed by atoms with Crippen LogP contribution in [0.1, 0.15) is 28.9 Å². The van der Waals surface area contributed by atoms with Crippen LogP contribution >= 0.6 is 11.6 Å². The summed E-state index contributed by atoms with van der Waals surface area (Å²) in [7, 11) is -3.70. The molecule has 0 saturated carbocycles. The zero-order valence-electron chi connectivity index (χ0n) is 16.3. The van der Waals surface area contributed by atoms with Crippen molar-refractivity contribution in [2.24, 2.45) is 0 Å². The van der Waals surface area contributed by atoms with Gasteiger partial charge in [0.05, 0.1) is 15.5 Å². The van der Waals surface area contributed by atoms with Gasteiger partial charge in [-0.15, -0.1) is 0 Å². The smallest absolute Gasteiger partial charge is 0.340 e. The Morgan fingerprint density at radius 3 is 2.58 bits per heavy atom. The summed E-state index contributed by atoms with van der Waals surface area (Å²) in [6.45, 7) is 0.698. The van der Waals surface area contributed by atoms with E-state index in [1.165, 1.54) is 53.0 Å². The molecule has 31 heavy (non-hydrogen) atoms. The van der Waals surface area contributed by atoms with Crippen molar-refractivity contribution in [2.45, 2.75) is 24.3 Å². The summed E-state index contributed by atoms with van der Waals surface area (Å²) in [5.74, 6) is -0.909. The molecule has 0 amide bonds. The van der Waals surface area contributed by atoms with Gasteiger partial charge >= 0.3 is 5.97 Å². The van der Waals surface area contributed by atoms with Crippen LogP contribution in [-0.2, 0) is 21.4 Å². The molecule has 0 unspecified atom stereocenters. The van der Waals surface area contributed by atoms with Crippen LogP contribution in [0.2, 0.25) is 5.02 Å². The number of carbonyl (C=O) groups is 1. The van der Waals surface area contributed by atoms with E-state index in [-0.39, 0.29) is 33.8 Å². The van der Waals surface area contributed by atoms with Crippen molar-refractivity contribution >= 4 is 27.6 Å². The number of oxazole rings is 1. The Bertz CT molecular complexity index is 1200. The van der Waals surface area contributed by atoms with Crippen LogP contribution < -0.4 is 0 Å². The molecule has 4 rings (SSSR count). The van der Waals surface area contributed by atoms with Crippen LogP contribution in [0.15, 0.2) is 58.0 Å². The Balaban J connectivity index is 1.47. The molecule has 1 aliphatic rings. The number of halogens is 2. The first-order valence-corrected chi connectivity index (χ1v) is 11.3. The number of nitrogens with zero attached hydrogens (tertiary/aromatic N) is 2. The maximum absolute atomic E-state index is 13.0. The van der Waals surface area contributed by atoms with E-state index < -0.39 is 16.0 Å². The topological polar surface area (TPSA) is 89.7 Å². The minimum Gasteiger partial charge on any atom is -0.455 e. The van der Waals surface area contributed by atoms with Gasteiger partial charge in [-0.05, 0) is 55.3 Å². The van der Waals surface area contributed by atoms with Crippen LogP contribution in [-0.4, -0.2) is 36.8 Å². The number of rotatable bonds is 6. The van der Waals surface area contributed by atoms with E-state index in [0.717, 1.165) is 12.8 Å². The summed E-state index contributed by atoms with van der Waals surface area (Å²) < 4.78 is 50.5. The van der Waals surface area contributed by atoms with E-state index in [4.69, 9.17) is 20.8 Å². The molecule has 0 bridgehead atoms. The van der Waals surface area contributed by atoms with E-state index in [2.05, 4.69) is 4.98 Å². The maximum Gasteiger partial charge on any atom is 0.340 e. The van der Waals surface area contributed by atoms with Crippen LogP contribution in [0.5, 0.6) is 0 Å². The summed E-state index contributed by atoms with van der Waals surface area (Å²) in [5, 5.41) is 0.0810. The van der Waals surface area contributed by atoms with Crippen molar-refractivity contribution in [3.63, 3.8) is 0 Å². The number of ether oxygens (including phenoxy) is 1. The molecular formula is C21H18ClFN2O5S. The maximum atomic E-state index is 13.0. The number of hydrogen-bond donors (Lipinski definition) is 0. The van der Waals surface area contributed by atoms with Gasteiger partial charge in [-0.25, -0.2) is 22.6 Å². The Morgan fingerprint density at radius 2 is 1.87 bits per heavy atom. The molecule has 10 heteroatoms. The first kappa shape index (κ1) is 21.5. The third-order valence-electron chi connectivity index (χ3n) is 4.85. The van der Waals surface area contributed by atoms with Crippen LogP contribution in [0.3, 0.4) is 0 Å². The SMILES string of the molecule is O=C(OCc1coc(-c2ccc(F)cc2)n1)c1cc(S(=O)(=O)N2CCCC2)ccc1Cl. The summed E-state index contributed by atoms with van der Waals surface area (Å²) >= 11 is 6.11. The molecule has 1 fully saturated rings. The quantitative estimate of drug-likeness (QED) is 0.506. The fourth-order valence-corrected chi connectivity index (χ4v) is 4.95. The minimum atomic E-state index is -3.70. The monoisotopic (exact) mass is 464 g/mol. The lowest BCUT2D eigenvalue weighted by Gasteiger charge is -2.16. The number of aromatic nitrogens is 1. The van der Waals surface area contributed by atoms with Gasteiger partial charge in [-0.3, -0.25) is 0 Å². The molecule has 1 aromatic heterocycles. The predicted molar refractivity (Wildman–Crippen MR) is 110 cm³/mol. The van der Waals surface area contributed by atoms with E-state index in [0.29, 0.717) is 24.3 Å². The average Bonchev–Trinajstić information content (AvgIpc) is 3.45. The van der Waals surface area contributed by atoms with Crippen molar-refractivity contribution in [1.82, 2.24) is 9.29 Å². The highest BCUT2D eigenvalue weighted by atomic mass is 35.5. The number of carbonyl (C=O) groups excluding carboxylic acids is 1. The van der Waals surface area contributed by atoms with Gasteiger partial charge < -0.3 is 9.15 Å². The molecule has 1 saturated heterocycles. The molecular weight excluding hydrogens is 447 g/mol. The molecule has 0 atom stereocenters. The predicted octanol–water partition coefficient (Wildman–Crippen LogP) is 4.28. The largest absolute Gasteiger partial charge is 0.455 e. The summed E-state index contributed by atoms with van der Waals surface area (Å²) in [5.41, 5.74) is 0.857. The summed E-state index contributed by atoms with van der Waals surface area (Å²) in [4.78, 5) is 16.7. The molecule has 1 aliphatic heterocycles. The highest BCUT2D eigenvalue weighted by Crippen LogP contribution is 2.26. The Morgan fingerprint density at radius 1 is 1.16 bits per heavy atom. The van der Waals surface area contributed by atoms with Crippen molar-refractivity contribution in [2.75, 3.05) is 13.1 Å². The highest BCUT2D eigenvalue weighted by molar-refractivity contribution is 7.89. The molecule has 2 heterocycles. The van der Waals surface area contributed by atoms with Crippen LogP contribution in [0, 0.1) is 5.82 Å². The number of hydrogen-bond acceptors (Lipinski definition) is 6. The molecule has 2 aromatic carbocycles. The second-order valence-electron chi connectivity index (χ2n) is 6.98. The standard InChI is InChI=1S/C21H18ClFN2O5S/c22-19-8-7-17(31(27,28)25-9-1-2-10-25)11-18(19)21(26)30-13-16-12-29-20(24-16)14-3-5-15(23)6-4-14/h3-8,11-12H,1-2,9-10,13H2. The molecule has 0 aliphatic carbocycles. The van der Waals surface area contributed by atoms with E-state index in [1.807, 2.05) is 0 Å². The average molecular weight is 465 g/mol. The highest BCUT2D eigenvalue weighted by Gasteiger charge is 2.28. The molecule has 0 radical (unpaired) electrons. The van der Waals surface area contributed by atoms with Gasteiger partial charge in [-0.2, -0.15) is 4.31 Å². The van der Waals surface area contributed by atoms with Gasteiger partial charge in [0.25, 0.3) is 0 Å². The van der Waals surface area contributed by atoms with Gasteiger partial charge in [0.2, 0.25) is 15.9 Å². The number of sulfonamides is 1. The lowest BCUT2D eigenvalue weighted by Crippen LogP contribution is -2.28. The van der Waals surface area contributed by atoms with Crippen LogP contribution in [0.4, 0.5) is 4.39 Å².